The lowest BCUT2D eigenvalue weighted by Crippen LogP contribution is -2.20. The van der Waals surface area contributed by atoms with Gasteiger partial charge in [0, 0.05) is 10.2 Å². The lowest BCUT2D eigenvalue weighted by Gasteiger charge is -2.10. The number of halogens is 2. The molecule has 0 bridgehead atoms. The van der Waals surface area contributed by atoms with Crippen molar-refractivity contribution in [3.05, 3.63) is 58.3 Å². The lowest BCUT2D eigenvalue weighted by atomic mass is 10.2. The van der Waals surface area contributed by atoms with Crippen LogP contribution < -0.4 is 10.1 Å². The lowest BCUT2D eigenvalue weighted by molar-refractivity contribution is -0.118. The van der Waals surface area contributed by atoms with Gasteiger partial charge in [0.25, 0.3) is 5.91 Å². The predicted molar refractivity (Wildman–Crippen MR) is 81.6 cm³/mol. The maximum absolute atomic E-state index is 12.7. The van der Waals surface area contributed by atoms with Crippen LogP contribution >= 0.6 is 15.9 Å². The van der Waals surface area contributed by atoms with Gasteiger partial charge in [0.05, 0.1) is 0 Å². The molecule has 2 aromatic rings. The molecule has 0 saturated heterocycles. The first-order chi connectivity index (χ1) is 10.5. The van der Waals surface area contributed by atoms with Crippen LogP contribution in [0.3, 0.4) is 0 Å². The highest BCUT2D eigenvalue weighted by atomic mass is 79.9. The van der Waals surface area contributed by atoms with Crippen molar-refractivity contribution in [2.45, 2.75) is 0 Å². The Bertz CT molecular complexity index is 703. The molecular weight excluding hydrogens is 357 g/mol. The molecule has 0 radical (unpaired) electrons. The van der Waals surface area contributed by atoms with Gasteiger partial charge in [-0.3, -0.25) is 4.79 Å². The normalized spacial score (nSPS) is 10.1. The number of hydrogen-bond donors (Lipinski definition) is 2. The molecule has 0 atom stereocenters. The second kappa shape index (κ2) is 7.04. The summed E-state index contributed by atoms with van der Waals surface area (Å²) in [5.74, 6) is -1.96. The van der Waals surface area contributed by atoms with Gasteiger partial charge in [0.2, 0.25) is 0 Å². The van der Waals surface area contributed by atoms with Crippen LogP contribution in [0.25, 0.3) is 0 Å². The number of benzene rings is 2. The minimum absolute atomic E-state index is 0.0519. The highest BCUT2D eigenvalue weighted by Gasteiger charge is 2.13. The van der Waals surface area contributed by atoms with Crippen molar-refractivity contribution in [3.8, 4) is 5.75 Å². The van der Waals surface area contributed by atoms with Crippen LogP contribution in [0.2, 0.25) is 0 Å². The van der Waals surface area contributed by atoms with Gasteiger partial charge >= 0.3 is 5.97 Å². The van der Waals surface area contributed by atoms with Gasteiger partial charge in [-0.2, -0.15) is 0 Å². The van der Waals surface area contributed by atoms with Crippen molar-refractivity contribution in [1.29, 1.82) is 0 Å². The number of carboxylic acids is 1. The molecule has 0 saturated carbocycles. The molecule has 0 unspecified atom stereocenters. The number of aromatic carboxylic acids is 1. The molecule has 0 spiro atoms. The summed E-state index contributed by atoms with van der Waals surface area (Å²) in [4.78, 5) is 22.8. The minimum Gasteiger partial charge on any atom is -0.483 e. The number of carboxylic acid groups (broad SMARTS) is 1. The summed E-state index contributed by atoms with van der Waals surface area (Å²) in [5.41, 5.74) is 0.369. The molecule has 2 aromatic carbocycles. The quantitative estimate of drug-likeness (QED) is 0.849. The molecule has 0 aromatic heterocycles. The maximum Gasteiger partial charge on any atom is 0.339 e. The van der Waals surface area contributed by atoms with Crippen molar-refractivity contribution in [1.82, 2.24) is 0 Å². The second-order valence-corrected chi connectivity index (χ2v) is 5.21. The summed E-state index contributed by atoms with van der Waals surface area (Å²) in [7, 11) is 0. The Morgan fingerprint density at radius 3 is 2.50 bits per heavy atom. The predicted octanol–water partition coefficient (Wildman–Crippen LogP) is 3.30. The molecule has 2 N–H and O–H groups in total. The van der Waals surface area contributed by atoms with Crippen molar-refractivity contribution >= 4 is 33.5 Å². The van der Waals surface area contributed by atoms with Crippen molar-refractivity contribution in [3.63, 3.8) is 0 Å². The molecule has 0 aliphatic rings. The van der Waals surface area contributed by atoms with E-state index in [-0.39, 0.29) is 17.9 Å². The summed E-state index contributed by atoms with van der Waals surface area (Å²) in [6.45, 7) is -0.362. The molecular formula is C15H11BrFNO4. The molecule has 5 nitrogen and oxygen atoms in total. The number of hydrogen-bond acceptors (Lipinski definition) is 3. The molecule has 0 aliphatic heterocycles. The number of carbonyl (C=O) groups excluding carboxylic acids is 1. The third kappa shape index (κ3) is 4.29. The first-order valence-corrected chi connectivity index (χ1v) is 6.96. The largest absolute Gasteiger partial charge is 0.483 e. The van der Waals surface area contributed by atoms with Gasteiger partial charge < -0.3 is 15.2 Å². The van der Waals surface area contributed by atoms with Gasteiger partial charge in [-0.05, 0) is 42.5 Å². The number of ether oxygens (including phenoxy) is 1. The van der Waals surface area contributed by atoms with E-state index < -0.39 is 17.7 Å². The molecule has 0 aliphatic carbocycles. The van der Waals surface area contributed by atoms with E-state index in [1.165, 1.54) is 36.4 Å². The van der Waals surface area contributed by atoms with Gasteiger partial charge in [0.1, 0.15) is 17.1 Å². The third-order valence-electron chi connectivity index (χ3n) is 2.66. The van der Waals surface area contributed by atoms with E-state index >= 15 is 0 Å². The van der Waals surface area contributed by atoms with E-state index in [4.69, 9.17) is 9.84 Å². The number of anilines is 1. The highest BCUT2D eigenvalue weighted by Crippen LogP contribution is 2.23. The standard InChI is InChI=1S/C15H11BrFNO4/c16-9-1-6-13(12(7-9)15(20)21)22-8-14(19)18-11-4-2-10(17)3-5-11/h1-7H,8H2,(H,18,19)(H,20,21). The number of carbonyl (C=O) groups is 2. The maximum atomic E-state index is 12.7. The Kier molecular flexibility index (Phi) is 5.11. The smallest absolute Gasteiger partial charge is 0.339 e. The van der Waals surface area contributed by atoms with E-state index in [1.54, 1.807) is 6.07 Å². The monoisotopic (exact) mass is 367 g/mol. The Balaban J connectivity index is 1.99. The van der Waals surface area contributed by atoms with Crippen LogP contribution in [0.5, 0.6) is 5.75 Å². The van der Waals surface area contributed by atoms with E-state index in [1.807, 2.05) is 0 Å². The van der Waals surface area contributed by atoms with E-state index in [0.717, 1.165) is 0 Å². The molecule has 1 amide bonds. The fourth-order valence-corrected chi connectivity index (χ4v) is 2.03. The Hall–Kier alpha value is -2.41. The highest BCUT2D eigenvalue weighted by molar-refractivity contribution is 9.10. The zero-order chi connectivity index (χ0) is 16.1. The first-order valence-electron chi connectivity index (χ1n) is 6.17. The first kappa shape index (κ1) is 16.0. The topological polar surface area (TPSA) is 75.6 Å². The van der Waals surface area contributed by atoms with Gasteiger partial charge in [-0.1, -0.05) is 15.9 Å². The summed E-state index contributed by atoms with van der Waals surface area (Å²) >= 11 is 3.17. The summed E-state index contributed by atoms with van der Waals surface area (Å²) in [6.07, 6.45) is 0. The minimum atomic E-state index is -1.16. The van der Waals surface area contributed by atoms with Gasteiger partial charge in [-0.25, -0.2) is 9.18 Å². The van der Waals surface area contributed by atoms with Crippen molar-refractivity contribution in [2.75, 3.05) is 11.9 Å². The zero-order valence-corrected chi connectivity index (χ0v) is 12.8. The Morgan fingerprint density at radius 2 is 1.86 bits per heavy atom. The molecule has 7 heteroatoms. The summed E-state index contributed by atoms with van der Waals surface area (Å²) < 4.78 is 18.6. The summed E-state index contributed by atoms with van der Waals surface area (Å²) in [6, 6.07) is 9.71. The summed E-state index contributed by atoms with van der Waals surface area (Å²) in [5, 5.41) is 11.6. The molecule has 2 rings (SSSR count). The molecule has 0 fully saturated rings. The van der Waals surface area contributed by atoms with E-state index in [9.17, 15) is 14.0 Å². The van der Waals surface area contributed by atoms with E-state index in [0.29, 0.717) is 10.2 Å². The zero-order valence-electron chi connectivity index (χ0n) is 11.2. The van der Waals surface area contributed by atoms with Crippen LogP contribution in [0.1, 0.15) is 10.4 Å². The van der Waals surface area contributed by atoms with Gasteiger partial charge in [-0.15, -0.1) is 0 Å². The van der Waals surface area contributed by atoms with Crippen molar-refractivity contribution in [2.24, 2.45) is 0 Å². The second-order valence-electron chi connectivity index (χ2n) is 4.29. The molecule has 22 heavy (non-hydrogen) atoms. The third-order valence-corrected chi connectivity index (χ3v) is 3.15. The SMILES string of the molecule is O=C(COc1ccc(Br)cc1C(=O)O)Nc1ccc(F)cc1. The van der Waals surface area contributed by atoms with Crippen molar-refractivity contribution < 1.29 is 23.8 Å². The van der Waals surface area contributed by atoms with E-state index in [2.05, 4.69) is 21.2 Å². The van der Waals surface area contributed by atoms with Crippen LogP contribution in [-0.2, 0) is 4.79 Å². The average molecular weight is 368 g/mol. The van der Waals surface area contributed by atoms with Crippen LogP contribution in [0.15, 0.2) is 46.9 Å². The Labute approximate surface area is 133 Å². The van der Waals surface area contributed by atoms with Crippen LogP contribution in [-0.4, -0.2) is 23.6 Å². The fourth-order valence-electron chi connectivity index (χ4n) is 1.67. The van der Waals surface area contributed by atoms with Gasteiger partial charge in [0.15, 0.2) is 6.61 Å². The Morgan fingerprint density at radius 1 is 1.18 bits per heavy atom. The molecule has 0 heterocycles. The fraction of sp³-hybridized carbons (Fsp3) is 0.0667. The van der Waals surface area contributed by atoms with Crippen LogP contribution in [0, 0.1) is 5.82 Å². The number of nitrogens with one attached hydrogen (secondary N) is 1. The number of amides is 1. The molecule has 114 valence electrons. The number of rotatable bonds is 5. The van der Waals surface area contributed by atoms with Crippen LogP contribution in [0.4, 0.5) is 10.1 Å². The average Bonchev–Trinajstić information content (AvgIpc) is 2.48.